The number of sulfonamides is 1. The quantitative estimate of drug-likeness (QED) is 0.855. The van der Waals surface area contributed by atoms with E-state index in [0.29, 0.717) is 24.2 Å². The van der Waals surface area contributed by atoms with Crippen molar-refractivity contribution in [2.75, 3.05) is 39.9 Å². The van der Waals surface area contributed by atoms with Gasteiger partial charge in [0.1, 0.15) is 0 Å². The number of benzene rings is 2. The van der Waals surface area contributed by atoms with Crippen molar-refractivity contribution in [3.8, 4) is 0 Å². The topological polar surface area (TPSA) is 69.7 Å². The molecule has 2 aromatic rings. The Kier molecular flexibility index (Phi) is 5.26. The van der Waals surface area contributed by atoms with E-state index in [-0.39, 0.29) is 11.7 Å². The summed E-state index contributed by atoms with van der Waals surface area (Å²) in [5, 5.41) is 2.90. The fourth-order valence-electron chi connectivity index (χ4n) is 3.84. The summed E-state index contributed by atoms with van der Waals surface area (Å²) >= 11 is 0. The lowest BCUT2D eigenvalue weighted by Crippen LogP contribution is -2.29. The summed E-state index contributed by atoms with van der Waals surface area (Å²) in [4.78, 5) is 15.0. The molecule has 1 amide bonds. The zero-order valence-electron chi connectivity index (χ0n) is 15.8. The van der Waals surface area contributed by atoms with Crippen molar-refractivity contribution < 1.29 is 13.2 Å². The Morgan fingerprint density at radius 1 is 0.857 bits per heavy atom. The van der Waals surface area contributed by atoms with Crippen LogP contribution in [0.3, 0.4) is 0 Å². The minimum absolute atomic E-state index is 0.160. The van der Waals surface area contributed by atoms with Crippen LogP contribution in [0.4, 0.5) is 17.1 Å². The van der Waals surface area contributed by atoms with Gasteiger partial charge in [-0.3, -0.25) is 9.10 Å². The molecule has 0 saturated carbocycles. The van der Waals surface area contributed by atoms with Gasteiger partial charge in [0.25, 0.3) is 5.91 Å². The van der Waals surface area contributed by atoms with Crippen molar-refractivity contribution in [2.24, 2.45) is 0 Å². The molecule has 2 fully saturated rings. The first-order chi connectivity index (χ1) is 13.5. The number of anilines is 3. The van der Waals surface area contributed by atoms with Crippen molar-refractivity contribution in [2.45, 2.75) is 25.7 Å². The van der Waals surface area contributed by atoms with Crippen LogP contribution in [0.5, 0.6) is 0 Å². The van der Waals surface area contributed by atoms with Crippen LogP contribution in [0, 0.1) is 0 Å². The SMILES string of the molecule is O=C(Nc1ccc(N2CCCCC2)cc1)c1cccc(N2CCCS2(=O)=O)c1. The minimum atomic E-state index is -3.26. The van der Waals surface area contributed by atoms with Gasteiger partial charge in [-0.25, -0.2) is 8.42 Å². The molecule has 148 valence electrons. The van der Waals surface area contributed by atoms with Gasteiger partial charge in [-0.1, -0.05) is 6.07 Å². The second-order valence-corrected chi connectivity index (χ2v) is 9.35. The second-order valence-electron chi connectivity index (χ2n) is 7.34. The lowest BCUT2D eigenvalue weighted by atomic mass is 10.1. The summed E-state index contributed by atoms with van der Waals surface area (Å²) in [6, 6.07) is 14.7. The number of amides is 1. The van der Waals surface area contributed by atoms with Crippen molar-refractivity contribution in [3.63, 3.8) is 0 Å². The number of nitrogens with zero attached hydrogens (tertiary/aromatic N) is 2. The Hall–Kier alpha value is -2.54. The van der Waals surface area contributed by atoms with Crippen LogP contribution in [0.15, 0.2) is 48.5 Å². The fraction of sp³-hybridized carbons (Fsp3) is 0.381. The van der Waals surface area contributed by atoms with Crippen LogP contribution in [0.1, 0.15) is 36.0 Å². The first kappa shape index (κ1) is 18.8. The maximum Gasteiger partial charge on any atom is 0.255 e. The lowest BCUT2D eigenvalue weighted by Gasteiger charge is -2.28. The van der Waals surface area contributed by atoms with E-state index >= 15 is 0 Å². The van der Waals surface area contributed by atoms with Gasteiger partial charge in [-0.05, 0) is 68.1 Å². The van der Waals surface area contributed by atoms with E-state index in [2.05, 4.69) is 10.2 Å². The van der Waals surface area contributed by atoms with Crippen LogP contribution in [0.2, 0.25) is 0 Å². The molecule has 2 saturated heterocycles. The molecule has 0 bridgehead atoms. The van der Waals surface area contributed by atoms with E-state index in [0.717, 1.165) is 18.8 Å². The highest BCUT2D eigenvalue weighted by Crippen LogP contribution is 2.26. The molecular formula is C21H25N3O3S. The summed E-state index contributed by atoms with van der Waals surface area (Å²) in [6.07, 6.45) is 4.35. The Morgan fingerprint density at radius 2 is 1.61 bits per heavy atom. The normalized spacial score (nSPS) is 18.9. The molecule has 0 atom stereocenters. The smallest absolute Gasteiger partial charge is 0.255 e. The molecule has 1 N–H and O–H groups in total. The number of nitrogens with one attached hydrogen (secondary N) is 1. The predicted molar refractivity (Wildman–Crippen MR) is 113 cm³/mol. The van der Waals surface area contributed by atoms with Gasteiger partial charge in [0.2, 0.25) is 10.0 Å². The second kappa shape index (κ2) is 7.83. The van der Waals surface area contributed by atoms with Gasteiger partial charge < -0.3 is 10.2 Å². The maximum absolute atomic E-state index is 12.6. The van der Waals surface area contributed by atoms with Gasteiger partial charge in [0, 0.05) is 36.6 Å². The molecule has 4 rings (SSSR count). The van der Waals surface area contributed by atoms with Gasteiger partial charge >= 0.3 is 0 Å². The van der Waals surface area contributed by atoms with Gasteiger partial charge in [0.15, 0.2) is 0 Å². The minimum Gasteiger partial charge on any atom is -0.372 e. The van der Waals surface area contributed by atoms with Crippen molar-refractivity contribution in [3.05, 3.63) is 54.1 Å². The van der Waals surface area contributed by atoms with E-state index in [1.165, 1.54) is 29.3 Å². The highest BCUT2D eigenvalue weighted by Gasteiger charge is 2.28. The molecule has 0 aliphatic carbocycles. The summed E-state index contributed by atoms with van der Waals surface area (Å²) in [7, 11) is -3.26. The zero-order chi connectivity index (χ0) is 19.6. The molecule has 0 radical (unpaired) electrons. The van der Waals surface area contributed by atoms with Gasteiger partial charge in [-0.15, -0.1) is 0 Å². The Morgan fingerprint density at radius 3 is 2.29 bits per heavy atom. The van der Waals surface area contributed by atoms with Crippen LogP contribution in [-0.4, -0.2) is 39.7 Å². The maximum atomic E-state index is 12.6. The summed E-state index contributed by atoms with van der Waals surface area (Å²) < 4.78 is 25.6. The van der Waals surface area contributed by atoms with E-state index in [9.17, 15) is 13.2 Å². The average molecular weight is 400 g/mol. The molecular weight excluding hydrogens is 374 g/mol. The number of carbonyl (C=O) groups is 1. The van der Waals surface area contributed by atoms with Gasteiger partial charge in [0.05, 0.1) is 11.4 Å². The standard InChI is InChI=1S/C21H25N3O3S/c25-21(17-6-4-7-20(16-17)24-14-5-15-28(24,26)27)22-18-8-10-19(11-9-18)23-12-2-1-3-13-23/h4,6-11,16H,1-3,5,12-15H2,(H,22,25). The van der Waals surface area contributed by atoms with Crippen molar-refractivity contribution in [1.82, 2.24) is 0 Å². The number of rotatable bonds is 4. The third-order valence-electron chi connectivity index (χ3n) is 5.34. The van der Waals surface area contributed by atoms with E-state index in [1.807, 2.05) is 24.3 Å². The number of carbonyl (C=O) groups excluding carboxylic acids is 1. The first-order valence-corrected chi connectivity index (χ1v) is 11.4. The monoisotopic (exact) mass is 399 g/mol. The molecule has 0 unspecified atom stereocenters. The molecule has 0 spiro atoms. The number of piperidine rings is 1. The molecule has 2 aliphatic heterocycles. The highest BCUT2D eigenvalue weighted by molar-refractivity contribution is 7.93. The molecule has 2 heterocycles. The number of hydrogen-bond donors (Lipinski definition) is 1. The van der Waals surface area contributed by atoms with Crippen LogP contribution < -0.4 is 14.5 Å². The summed E-state index contributed by atoms with van der Waals surface area (Å²) in [5.74, 6) is -0.0866. The summed E-state index contributed by atoms with van der Waals surface area (Å²) in [6.45, 7) is 2.63. The van der Waals surface area contributed by atoms with E-state index < -0.39 is 10.0 Å². The third-order valence-corrected chi connectivity index (χ3v) is 7.21. The summed E-state index contributed by atoms with van der Waals surface area (Å²) in [5.41, 5.74) is 2.90. The molecule has 28 heavy (non-hydrogen) atoms. The van der Waals surface area contributed by atoms with Crippen LogP contribution >= 0.6 is 0 Å². The van der Waals surface area contributed by atoms with Gasteiger partial charge in [-0.2, -0.15) is 0 Å². The number of hydrogen-bond acceptors (Lipinski definition) is 4. The Labute approximate surface area is 166 Å². The van der Waals surface area contributed by atoms with Crippen LogP contribution in [0.25, 0.3) is 0 Å². The predicted octanol–water partition coefficient (Wildman–Crippen LogP) is 3.47. The van der Waals surface area contributed by atoms with Crippen molar-refractivity contribution >= 4 is 33.0 Å². The molecule has 6 nitrogen and oxygen atoms in total. The molecule has 0 aromatic heterocycles. The third kappa shape index (κ3) is 3.99. The molecule has 2 aliphatic rings. The average Bonchev–Trinajstić information content (AvgIpc) is 3.08. The fourth-order valence-corrected chi connectivity index (χ4v) is 5.40. The van der Waals surface area contributed by atoms with Crippen molar-refractivity contribution in [1.29, 1.82) is 0 Å². The highest BCUT2D eigenvalue weighted by atomic mass is 32.2. The first-order valence-electron chi connectivity index (χ1n) is 9.80. The van der Waals surface area contributed by atoms with Crippen LogP contribution in [-0.2, 0) is 10.0 Å². The zero-order valence-corrected chi connectivity index (χ0v) is 16.6. The van der Waals surface area contributed by atoms with E-state index in [4.69, 9.17) is 0 Å². The lowest BCUT2D eigenvalue weighted by molar-refractivity contribution is 0.102. The largest absolute Gasteiger partial charge is 0.372 e. The Balaban J connectivity index is 1.46. The molecule has 2 aromatic carbocycles. The Bertz CT molecular complexity index is 951. The molecule has 7 heteroatoms. The van der Waals surface area contributed by atoms with E-state index in [1.54, 1.807) is 24.3 Å².